The molecule has 1 aliphatic rings. The summed E-state index contributed by atoms with van der Waals surface area (Å²) in [6.07, 6.45) is 5.63. The Morgan fingerprint density at radius 3 is 2.58 bits per heavy atom. The first-order chi connectivity index (χ1) is 11.2. The van der Waals surface area contributed by atoms with Crippen molar-refractivity contribution in [1.82, 2.24) is 5.32 Å². The zero-order valence-corrected chi connectivity index (χ0v) is 15.0. The lowest BCUT2D eigenvalue weighted by molar-refractivity contribution is -0.129. The summed E-state index contributed by atoms with van der Waals surface area (Å²) in [5, 5.41) is 3.02. The highest BCUT2D eigenvalue weighted by molar-refractivity contribution is 5.85. The molecule has 0 spiro atoms. The summed E-state index contributed by atoms with van der Waals surface area (Å²) in [6.45, 7) is 2.27. The standard InChI is InChI=1S/C18H27FN2O2.ClH/c1-2-16(23-17-11-7-6-10-14(17)19)18(22)21-15(12-20)13-8-4-3-5-9-13;/h6-7,10-11,13,15-16H,2-5,8-9,12,20H2,1H3,(H,21,22);1H. The van der Waals surface area contributed by atoms with Gasteiger partial charge in [0.1, 0.15) is 0 Å². The minimum atomic E-state index is -0.704. The van der Waals surface area contributed by atoms with Crippen LogP contribution >= 0.6 is 12.4 Å². The third-order valence-electron chi connectivity index (χ3n) is 4.57. The molecule has 24 heavy (non-hydrogen) atoms. The molecular formula is C18H28ClFN2O2. The molecular weight excluding hydrogens is 331 g/mol. The molecule has 136 valence electrons. The number of hydrogen-bond donors (Lipinski definition) is 2. The molecule has 1 saturated carbocycles. The van der Waals surface area contributed by atoms with Crippen molar-refractivity contribution in [2.75, 3.05) is 6.54 Å². The largest absolute Gasteiger partial charge is 0.478 e. The smallest absolute Gasteiger partial charge is 0.261 e. The van der Waals surface area contributed by atoms with Gasteiger partial charge in [-0.1, -0.05) is 38.3 Å². The summed E-state index contributed by atoms with van der Waals surface area (Å²) in [7, 11) is 0. The molecule has 4 nitrogen and oxygen atoms in total. The number of carbonyl (C=O) groups excluding carboxylic acids is 1. The highest BCUT2D eigenvalue weighted by Crippen LogP contribution is 2.26. The summed E-state index contributed by atoms with van der Waals surface area (Å²) in [5.74, 6) is -0.127. The quantitative estimate of drug-likeness (QED) is 0.784. The summed E-state index contributed by atoms with van der Waals surface area (Å²) in [5.41, 5.74) is 5.85. The van der Waals surface area contributed by atoms with Crippen LogP contribution in [0.3, 0.4) is 0 Å². The lowest BCUT2D eigenvalue weighted by Gasteiger charge is -2.31. The third-order valence-corrected chi connectivity index (χ3v) is 4.57. The molecule has 1 fully saturated rings. The topological polar surface area (TPSA) is 64.3 Å². The molecule has 0 bridgehead atoms. The number of ether oxygens (including phenoxy) is 1. The first kappa shape index (κ1) is 20.7. The van der Waals surface area contributed by atoms with E-state index in [0.717, 1.165) is 12.8 Å². The Kier molecular flexibility index (Phi) is 9.08. The Hall–Kier alpha value is -1.33. The number of halogens is 2. The molecule has 1 aliphatic carbocycles. The summed E-state index contributed by atoms with van der Waals surface area (Å²) >= 11 is 0. The van der Waals surface area contributed by atoms with Gasteiger partial charge in [0.15, 0.2) is 17.7 Å². The SMILES string of the molecule is CCC(Oc1ccccc1F)C(=O)NC(CN)C1CCCCC1.Cl. The number of benzene rings is 1. The van der Waals surface area contributed by atoms with Gasteiger partial charge in [0.25, 0.3) is 5.91 Å². The van der Waals surface area contributed by atoms with Gasteiger partial charge >= 0.3 is 0 Å². The molecule has 1 amide bonds. The van der Waals surface area contributed by atoms with Crippen molar-refractivity contribution in [2.24, 2.45) is 11.7 Å². The molecule has 0 heterocycles. The maximum absolute atomic E-state index is 13.7. The third kappa shape index (κ3) is 5.64. The van der Waals surface area contributed by atoms with Crippen LogP contribution < -0.4 is 15.8 Å². The van der Waals surface area contributed by atoms with Crippen molar-refractivity contribution in [3.63, 3.8) is 0 Å². The Morgan fingerprint density at radius 2 is 2.00 bits per heavy atom. The van der Waals surface area contributed by atoms with Crippen LogP contribution in [0.4, 0.5) is 4.39 Å². The van der Waals surface area contributed by atoms with Crippen LogP contribution in [-0.2, 0) is 4.79 Å². The Morgan fingerprint density at radius 1 is 1.33 bits per heavy atom. The highest BCUT2D eigenvalue weighted by atomic mass is 35.5. The van der Waals surface area contributed by atoms with Crippen LogP contribution in [0.5, 0.6) is 5.75 Å². The predicted octanol–water partition coefficient (Wildman–Crippen LogP) is 3.43. The number of carbonyl (C=O) groups is 1. The van der Waals surface area contributed by atoms with Crippen LogP contribution in [0.25, 0.3) is 0 Å². The van der Waals surface area contributed by atoms with E-state index in [1.807, 2.05) is 6.92 Å². The zero-order valence-electron chi connectivity index (χ0n) is 14.2. The molecule has 2 unspecified atom stereocenters. The number of amides is 1. The van der Waals surface area contributed by atoms with Crippen molar-refractivity contribution < 1.29 is 13.9 Å². The van der Waals surface area contributed by atoms with E-state index in [2.05, 4.69) is 5.32 Å². The van der Waals surface area contributed by atoms with Crippen LogP contribution in [0.2, 0.25) is 0 Å². The minimum absolute atomic E-state index is 0. The maximum atomic E-state index is 13.7. The molecule has 0 radical (unpaired) electrons. The van der Waals surface area contributed by atoms with Gasteiger partial charge in [0.2, 0.25) is 0 Å². The normalized spacial score (nSPS) is 17.5. The van der Waals surface area contributed by atoms with Gasteiger partial charge in [0, 0.05) is 12.6 Å². The van der Waals surface area contributed by atoms with Gasteiger partial charge in [0.05, 0.1) is 0 Å². The average molecular weight is 359 g/mol. The Bertz CT molecular complexity index is 510. The van der Waals surface area contributed by atoms with Gasteiger partial charge in [-0.25, -0.2) is 4.39 Å². The number of rotatable bonds is 7. The van der Waals surface area contributed by atoms with E-state index >= 15 is 0 Å². The molecule has 1 aromatic rings. The van der Waals surface area contributed by atoms with Crippen LogP contribution in [0.1, 0.15) is 45.4 Å². The van der Waals surface area contributed by atoms with Crippen molar-refractivity contribution >= 4 is 18.3 Å². The number of nitrogens with two attached hydrogens (primary N) is 1. The lowest BCUT2D eigenvalue weighted by Crippen LogP contribution is -2.50. The number of para-hydroxylation sites is 1. The second kappa shape index (κ2) is 10.5. The van der Waals surface area contributed by atoms with Gasteiger partial charge in [-0.05, 0) is 37.3 Å². The molecule has 1 aromatic carbocycles. The van der Waals surface area contributed by atoms with E-state index in [1.54, 1.807) is 12.1 Å². The summed E-state index contributed by atoms with van der Waals surface area (Å²) in [4.78, 5) is 12.5. The molecule has 0 aromatic heterocycles. The van der Waals surface area contributed by atoms with Gasteiger partial charge in [-0.2, -0.15) is 0 Å². The van der Waals surface area contributed by atoms with Crippen LogP contribution in [0.15, 0.2) is 24.3 Å². The van der Waals surface area contributed by atoms with Gasteiger partial charge < -0.3 is 15.8 Å². The second-order valence-electron chi connectivity index (χ2n) is 6.19. The van der Waals surface area contributed by atoms with E-state index in [1.165, 1.54) is 31.4 Å². The van der Waals surface area contributed by atoms with E-state index in [0.29, 0.717) is 18.9 Å². The zero-order chi connectivity index (χ0) is 16.7. The fraction of sp³-hybridized carbons (Fsp3) is 0.611. The van der Waals surface area contributed by atoms with Crippen molar-refractivity contribution in [2.45, 2.75) is 57.6 Å². The monoisotopic (exact) mass is 358 g/mol. The highest BCUT2D eigenvalue weighted by Gasteiger charge is 2.27. The average Bonchev–Trinajstić information content (AvgIpc) is 2.59. The van der Waals surface area contributed by atoms with Crippen molar-refractivity contribution in [3.05, 3.63) is 30.1 Å². The predicted molar refractivity (Wildman–Crippen MR) is 95.9 cm³/mol. The fourth-order valence-electron chi connectivity index (χ4n) is 3.20. The molecule has 6 heteroatoms. The van der Waals surface area contributed by atoms with Gasteiger partial charge in [-0.15, -0.1) is 12.4 Å². The van der Waals surface area contributed by atoms with Crippen molar-refractivity contribution in [3.8, 4) is 5.75 Å². The van der Waals surface area contributed by atoms with Gasteiger partial charge in [-0.3, -0.25) is 4.79 Å². The van der Waals surface area contributed by atoms with E-state index in [9.17, 15) is 9.18 Å². The first-order valence-corrected chi connectivity index (χ1v) is 8.57. The summed E-state index contributed by atoms with van der Waals surface area (Å²) in [6, 6.07) is 6.11. The number of nitrogens with one attached hydrogen (secondary N) is 1. The fourth-order valence-corrected chi connectivity index (χ4v) is 3.20. The first-order valence-electron chi connectivity index (χ1n) is 8.57. The van der Waals surface area contributed by atoms with E-state index < -0.39 is 11.9 Å². The molecule has 2 atom stereocenters. The molecule has 2 rings (SSSR count). The Balaban J connectivity index is 0.00000288. The Labute approximate surface area is 149 Å². The van der Waals surface area contributed by atoms with E-state index in [4.69, 9.17) is 10.5 Å². The summed E-state index contributed by atoms with van der Waals surface area (Å²) < 4.78 is 19.3. The van der Waals surface area contributed by atoms with Crippen LogP contribution in [-0.4, -0.2) is 24.6 Å². The lowest BCUT2D eigenvalue weighted by atomic mass is 9.84. The van der Waals surface area contributed by atoms with Crippen molar-refractivity contribution in [1.29, 1.82) is 0 Å². The molecule has 3 N–H and O–H groups in total. The second-order valence-corrected chi connectivity index (χ2v) is 6.19. The van der Waals surface area contributed by atoms with Crippen LogP contribution in [0, 0.1) is 11.7 Å². The maximum Gasteiger partial charge on any atom is 0.261 e. The minimum Gasteiger partial charge on any atom is -0.478 e. The van der Waals surface area contributed by atoms with E-state index in [-0.39, 0.29) is 30.1 Å². The molecule has 0 aliphatic heterocycles. The number of hydrogen-bond acceptors (Lipinski definition) is 3. The molecule has 0 saturated heterocycles.